The first-order chi connectivity index (χ1) is 17.7. The van der Waals surface area contributed by atoms with E-state index in [1.54, 1.807) is 0 Å². The van der Waals surface area contributed by atoms with Crippen LogP contribution < -0.4 is 10.9 Å². The summed E-state index contributed by atoms with van der Waals surface area (Å²) in [4.78, 5) is 13.9. The van der Waals surface area contributed by atoms with Crippen LogP contribution in [0.1, 0.15) is 89.8 Å². The van der Waals surface area contributed by atoms with Gasteiger partial charge in [0, 0.05) is 61.8 Å². The standard InChI is InChI=1S/C29H45FN6O/c1-18(2)36-26(9-10-32-36)23-14-20(17-35-12-11-34(4)29(35)31)15-24(16-23)28(37)33-27(21-5-6-21)22-7-8-25(30)19(3)13-22/h9-12,18-25,27,31H,5-8,13-17H2,1-4H3,(H,33,37)/t19?,20?,22?,23?,24?,25?,27-/m0/s1. The predicted octanol–water partition coefficient (Wildman–Crippen LogP) is 4.95. The fourth-order valence-corrected chi connectivity index (χ4v) is 7.16. The van der Waals surface area contributed by atoms with Gasteiger partial charge in [0.2, 0.25) is 11.5 Å². The SMILES string of the molecule is CC1CC([C@@H](NC(=O)C2CC(Cn3ccn(C)c3=N)CC(c3ccnn3C(C)C)C2)C2CC2)CCC1F. The van der Waals surface area contributed by atoms with Crippen LogP contribution in [0.15, 0.2) is 24.7 Å². The second-order valence-corrected chi connectivity index (χ2v) is 12.6. The third-order valence-corrected chi connectivity index (χ3v) is 9.37. The van der Waals surface area contributed by atoms with E-state index < -0.39 is 6.17 Å². The highest BCUT2D eigenvalue weighted by Gasteiger charge is 2.43. The van der Waals surface area contributed by atoms with E-state index in [1.165, 1.54) is 18.5 Å². The molecule has 7 atom stereocenters. The maximum atomic E-state index is 14.2. The van der Waals surface area contributed by atoms with Gasteiger partial charge in [0.1, 0.15) is 6.17 Å². The highest BCUT2D eigenvalue weighted by atomic mass is 19.1. The van der Waals surface area contributed by atoms with Crippen LogP contribution in [0.2, 0.25) is 0 Å². The molecule has 6 unspecified atom stereocenters. The minimum absolute atomic E-state index is 0.0612. The molecule has 5 rings (SSSR count). The summed E-state index contributed by atoms with van der Waals surface area (Å²) in [7, 11) is 1.90. The van der Waals surface area contributed by atoms with Crippen molar-refractivity contribution in [1.29, 1.82) is 5.41 Å². The zero-order valence-corrected chi connectivity index (χ0v) is 22.9. The summed E-state index contributed by atoms with van der Waals surface area (Å²) in [5, 5.41) is 16.5. The highest BCUT2D eigenvalue weighted by molar-refractivity contribution is 5.79. The zero-order valence-electron chi connectivity index (χ0n) is 22.9. The Bertz CT molecular complexity index is 1130. The normalized spacial score (nSPS) is 31.4. The fourth-order valence-electron chi connectivity index (χ4n) is 7.16. The molecule has 204 valence electrons. The van der Waals surface area contributed by atoms with Crippen molar-refractivity contribution < 1.29 is 9.18 Å². The molecule has 2 heterocycles. The summed E-state index contributed by atoms with van der Waals surface area (Å²) in [5.41, 5.74) is 1.71. The number of hydrogen-bond donors (Lipinski definition) is 2. The number of aryl methyl sites for hydroxylation is 1. The molecule has 2 aromatic heterocycles. The molecule has 2 aromatic rings. The van der Waals surface area contributed by atoms with Crippen molar-refractivity contribution in [1.82, 2.24) is 24.2 Å². The smallest absolute Gasteiger partial charge is 0.223 e. The lowest BCUT2D eigenvalue weighted by atomic mass is 9.72. The molecule has 3 aliphatic rings. The number of carbonyl (C=O) groups excluding carboxylic acids is 1. The molecule has 0 aromatic carbocycles. The largest absolute Gasteiger partial charge is 0.353 e. The lowest BCUT2D eigenvalue weighted by Crippen LogP contribution is -2.48. The minimum Gasteiger partial charge on any atom is -0.353 e. The topological polar surface area (TPSA) is 80.6 Å². The minimum atomic E-state index is -0.699. The summed E-state index contributed by atoms with van der Waals surface area (Å²) < 4.78 is 20.1. The number of hydrogen-bond acceptors (Lipinski definition) is 3. The Hall–Kier alpha value is -2.38. The number of alkyl halides is 1. The van der Waals surface area contributed by atoms with Crippen molar-refractivity contribution in [3.8, 4) is 0 Å². The Morgan fingerprint density at radius 2 is 1.89 bits per heavy atom. The summed E-state index contributed by atoms with van der Waals surface area (Å²) in [6.45, 7) is 7.08. The van der Waals surface area contributed by atoms with E-state index in [4.69, 9.17) is 5.41 Å². The summed E-state index contributed by atoms with van der Waals surface area (Å²) in [6, 6.07) is 2.58. The van der Waals surface area contributed by atoms with Crippen molar-refractivity contribution in [2.45, 2.75) is 103 Å². The number of nitrogens with one attached hydrogen (secondary N) is 2. The molecular formula is C29H45FN6O. The molecule has 37 heavy (non-hydrogen) atoms. The second-order valence-electron chi connectivity index (χ2n) is 12.6. The Labute approximate surface area is 220 Å². The Balaban J connectivity index is 1.35. The summed E-state index contributed by atoms with van der Waals surface area (Å²) >= 11 is 0. The number of halogens is 1. The summed E-state index contributed by atoms with van der Waals surface area (Å²) in [5.74, 6) is 1.72. The van der Waals surface area contributed by atoms with Crippen LogP contribution in [0.5, 0.6) is 0 Å². The van der Waals surface area contributed by atoms with Gasteiger partial charge in [0.05, 0.1) is 0 Å². The molecule has 3 aliphatic carbocycles. The van der Waals surface area contributed by atoms with E-state index in [0.717, 1.165) is 38.6 Å². The molecule has 0 spiro atoms. The first-order valence-electron chi connectivity index (χ1n) is 14.5. The van der Waals surface area contributed by atoms with Crippen LogP contribution in [0.25, 0.3) is 0 Å². The first kappa shape index (κ1) is 26.2. The van der Waals surface area contributed by atoms with E-state index in [0.29, 0.717) is 29.8 Å². The molecule has 1 amide bonds. The predicted molar refractivity (Wildman–Crippen MR) is 141 cm³/mol. The van der Waals surface area contributed by atoms with E-state index >= 15 is 0 Å². The van der Waals surface area contributed by atoms with Crippen LogP contribution in [-0.4, -0.2) is 37.0 Å². The van der Waals surface area contributed by atoms with E-state index in [1.807, 2.05) is 41.7 Å². The Kier molecular flexibility index (Phi) is 7.64. The van der Waals surface area contributed by atoms with Crippen LogP contribution >= 0.6 is 0 Å². The maximum Gasteiger partial charge on any atom is 0.223 e. The molecule has 0 radical (unpaired) electrons. The molecule has 2 N–H and O–H groups in total. The Morgan fingerprint density at radius 1 is 1.14 bits per heavy atom. The molecule has 7 nitrogen and oxygen atoms in total. The zero-order chi connectivity index (χ0) is 26.3. The fraction of sp³-hybridized carbons (Fsp3) is 0.759. The van der Waals surface area contributed by atoms with Crippen LogP contribution in [0.4, 0.5) is 4.39 Å². The van der Waals surface area contributed by atoms with Gasteiger partial charge in [-0.05, 0) is 95.0 Å². The molecule has 3 saturated carbocycles. The Morgan fingerprint density at radius 3 is 2.54 bits per heavy atom. The van der Waals surface area contributed by atoms with Gasteiger partial charge in [-0.15, -0.1) is 0 Å². The van der Waals surface area contributed by atoms with Crippen molar-refractivity contribution in [2.24, 2.45) is 36.6 Å². The lowest BCUT2D eigenvalue weighted by Gasteiger charge is -2.38. The van der Waals surface area contributed by atoms with Crippen molar-refractivity contribution in [2.75, 3.05) is 0 Å². The van der Waals surface area contributed by atoms with E-state index in [-0.39, 0.29) is 35.7 Å². The van der Waals surface area contributed by atoms with Crippen molar-refractivity contribution in [3.63, 3.8) is 0 Å². The van der Waals surface area contributed by atoms with Crippen LogP contribution in [0, 0.1) is 35.0 Å². The first-order valence-corrected chi connectivity index (χ1v) is 14.5. The van der Waals surface area contributed by atoms with Crippen LogP contribution in [-0.2, 0) is 18.4 Å². The van der Waals surface area contributed by atoms with E-state index in [2.05, 4.69) is 35.0 Å². The number of amides is 1. The molecular weight excluding hydrogens is 467 g/mol. The number of imidazole rings is 1. The monoisotopic (exact) mass is 512 g/mol. The number of aromatic nitrogens is 4. The van der Waals surface area contributed by atoms with Gasteiger partial charge in [-0.3, -0.25) is 14.9 Å². The van der Waals surface area contributed by atoms with Gasteiger partial charge in [-0.2, -0.15) is 5.10 Å². The molecule has 0 saturated heterocycles. The van der Waals surface area contributed by atoms with Crippen LogP contribution in [0.3, 0.4) is 0 Å². The van der Waals surface area contributed by atoms with Gasteiger partial charge in [-0.1, -0.05) is 6.92 Å². The quantitative estimate of drug-likeness (QED) is 0.525. The molecule has 8 heteroatoms. The highest BCUT2D eigenvalue weighted by Crippen LogP contribution is 2.44. The van der Waals surface area contributed by atoms with Gasteiger partial charge in [0.15, 0.2) is 0 Å². The number of rotatable bonds is 8. The number of nitrogens with zero attached hydrogens (tertiary/aromatic N) is 4. The third-order valence-electron chi connectivity index (χ3n) is 9.37. The molecule has 0 aliphatic heterocycles. The second kappa shape index (κ2) is 10.8. The van der Waals surface area contributed by atoms with Gasteiger partial charge in [0.25, 0.3) is 0 Å². The van der Waals surface area contributed by atoms with Crippen molar-refractivity contribution in [3.05, 3.63) is 36.0 Å². The average Bonchev–Trinajstić information content (AvgIpc) is 3.50. The van der Waals surface area contributed by atoms with Gasteiger partial charge in [-0.25, -0.2) is 4.39 Å². The number of carbonyl (C=O) groups is 1. The van der Waals surface area contributed by atoms with Gasteiger partial charge < -0.3 is 14.5 Å². The van der Waals surface area contributed by atoms with Crippen molar-refractivity contribution >= 4 is 5.91 Å². The average molecular weight is 513 g/mol. The third kappa shape index (κ3) is 5.73. The molecule has 0 bridgehead atoms. The van der Waals surface area contributed by atoms with Gasteiger partial charge >= 0.3 is 0 Å². The summed E-state index contributed by atoms with van der Waals surface area (Å²) in [6.07, 6.45) is 12.5. The molecule has 3 fully saturated rings. The van der Waals surface area contributed by atoms with E-state index in [9.17, 15) is 9.18 Å². The lowest BCUT2D eigenvalue weighted by molar-refractivity contribution is -0.128. The maximum absolute atomic E-state index is 14.2.